The highest BCUT2D eigenvalue weighted by molar-refractivity contribution is 5.40. The number of aromatic amines is 1. The maximum atomic E-state index is 5.92. The van der Waals surface area contributed by atoms with Gasteiger partial charge in [-0.25, -0.2) is 0 Å². The number of aromatic nitrogens is 1. The summed E-state index contributed by atoms with van der Waals surface area (Å²) in [6, 6.07) is 4.12. The van der Waals surface area contributed by atoms with Crippen LogP contribution in [0.4, 0.5) is 5.82 Å². The van der Waals surface area contributed by atoms with Crippen molar-refractivity contribution >= 4 is 5.82 Å². The quantitative estimate of drug-likeness (QED) is 0.691. The molecule has 3 heteroatoms. The fourth-order valence-corrected chi connectivity index (χ4v) is 1.51. The van der Waals surface area contributed by atoms with Gasteiger partial charge < -0.3 is 16.0 Å². The second-order valence-corrected chi connectivity index (χ2v) is 4.33. The Morgan fingerprint density at radius 3 is 2.81 bits per heavy atom. The summed E-state index contributed by atoms with van der Waals surface area (Å²) in [7, 11) is 0. The Morgan fingerprint density at radius 2 is 2.25 bits per heavy atom. The maximum Gasteiger partial charge on any atom is 0.107 e. The van der Waals surface area contributed by atoms with E-state index < -0.39 is 0 Å². The van der Waals surface area contributed by atoms with Crippen LogP contribution in [0.25, 0.3) is 0 Å². The van der Waals surface area contributed by atoms with Gasteiger partial charge in [0.2, 0.25) is 0 Å². The smallest absolute Gasteiger partial charge is 0.107 e. The minimum Gasteiger partial charge on any atom is -0.401 e. The van der Waals surface area contributed by atoms with E-state index in [0.717, 1.165) is 30.8 Å². The van der Waals surface area contributed by atoms with E-state index in [2.05, 4.69) is 37.1 Å². The van der Waals surface area contributed by atoms with Crippen molar-refractivity contribution in [3.63, 3.8) is 0 Å². The molecule has 1 heterocycles. The highest BCUT2D eigenvalue weighted by Gasteiger charge is 2.00. The molecule has 0 aromatic carbocycles. The number of allylic oxidation sites excluding steroid dienone is 1. The standard InChI is InChI=1S/C13H23N3/c1-4-10(3)8-11(14)9-15-13-7-6-12(5-2)16-13/h6-7,9-10,15-16H,4-5,8,14H2,1-3H3/b11-9-. The SMILES string of the molecule is CCc1ccc(N/C=C(\N)CC(C)CC)[nH]1. The number of hydrogen-bond donors (Lipinski definition) is 3. The number of aryl methyl sites for hydroxylation is 1. The summed E-state index contributed by atoms with van der Waals surface area (Å²) in [4.78, 5) is 3.27. The Kier molecular flexibility index (Phi) is 4.96. The number of anilines is 1. The van der Waals surface area contributed by atoms with Crippen molar-refractivity contribution in [1.29, 1.82) is 0 Å². The van der Waals surface area contributed by atoms with E-state index in [4.69, 9.17) is 5.73 Å². The molecule has 1 unspecified atom stereocenters. The van der Waals surface area contributed by atoms with Crippen molar-refractivity contribution in [3.8, 4) is 0 Å². The topological polar surface area (TPSA) is 53.8 Å². The monoisotopic (exact) mass is 221 g/mol. The van der Waals surface area contributed by atoms with Crippen LogP contribution >= 0.6 is 0 Å². The second-order valence-electron chi connectivity index (χ2n) is 4.33. The molecule has 0 fully saturated rings. The van der Waals surface area contributed by atoms with Crippen LogP contribution in [0.5, 0.6) is 0 Å². The van der Waals surface area contributed by atoms with Crippen molar-refractivity contribution in [2.45, 2.75) is 40.0 Å². The van der Waals surface area contributed by atoms with Crippen LogP contribution in [0.15, 0.2) is 24.0 Å². The molecule has 0 bridgehead atoms. The zero-order valence-electron chi connectivity index (χ0n) is 10.5. The highest BCUT2D eigenvalue weighted by Crippen LogP contribution is 2.12. The third-order valence-electron chi connectivity index (χ3n) is 2.82. The van der Waals surface area contributed by atoms with Gasteiger partial charge >= 0.3 is 0 Å². The van der Waals surface area contributed by atoms with Gasteiger partial charge in [0, 0.05) is 17.6 Å². The fraction of sp³-hybridized carbons (Fsp3) is 0.538. The molecule has 1 rings (SSSR count). The van der Waals surface area contributed by atoms with Crippen LogP contribution in [0.2, 0.25) is 0 Å². The van der Waals surface area contributed by atoms with Gasteiger partial charge in [0.1, 0.15) is 5.82 Å². The predicted octanol–water partition coefficient (Wildman–Crippen LogP) is 3.23. The van der Waals surface area contributed by atoms with E-state index in [9.17, 15) is 0 Å². The minimum absolute atomic E-state index is 0.646. The van der Waals surface area contributed by atoms with Gasteiger partial charge in [-0.3, -0.25) is 0 Å². The molecule has 0 spiro atoms. The summed E-state index contributed by atoms with van der Waals surface area (Å²) in [6.07, 6.45) is 5.02. The van der Waals surface area contributed by atoms with Gasteiger partial charge in [0.15, 0.2) is 0 Å². The van der Waals surface area contributed by atoms with Gasteiger partial charge in [-0.2, -0.15) is 0 Å². The molecule has 0 saturated carbocycles. The predicted molar refractivity (Wildman–Crippen MR) is 70.1 cm³/mol. The van der Waals surface area contributed by atoms with Crippen molar-refractivity contribution < 1.29 is 0 Å². The lowest BCUT2D eigenvalue weighted by Crippen LogP contribution is -2.05. The van der Waals surface area contributed by atoms with Crippen LogP contribution in [-0.4, -0.2) is 4.98 Å². The molecule has 1 aromatic rings. The average Bonchev–Trinajstić information content (AvgIpc) is 2.74. The fourth-order valence-electron chi connectivity index (χ4n) is 1.51. The summed E-state index contributed by atoms with van der Waals surface area (Å²) in [5, 5.41) is 3.19. The van der Waals surface area contributed by atoms with Gasteiger partial charge in [0.25, 0.3) is 0 Å². The number of hydrogen-bond acceptors (Lipinski definition) is 2. The van der Waals surface area contributed by atoms with Crippen molar-refractivity contribution in [1.82, 2.24) is 4.98 Å². The van der Waals surface area contributed by atoms with E-state index in [1.165, 1.54) is 5.69 Å². The Labute approximate surface area is 98.1 Å². The van der Waals surface area contributed by atoms with Crippen LogP contribution in [0.3, 0.4) is 0 Å². The molecule has 0 aliphatic rings. The normalized spacial score (nSPS) is 13.8. The van der Waals surface area contributed by atoms with Crippen molar-refractivity contribution in [2.24, 2.45) is 11.7 Å². The average molecular weight is 221 g/mol. The van der Waals surface area contributed by atoms with Gasteiger partial charge in [-0.15, -0.1) is 0 Å². The largest absolute Gasteiger partial charge is 0.401 e. The molecule has 0 aliphatic carbocycles. The van der Waals surface area contributed by atoms with Crippen molar-refractivity contribution in [3.05, 3.63) is 29.7 Å². The zero-order valence-corrected chi connectivity index (χ0v) is 10.5. The molecule has 0 radical (unpaired) electrons. The minimum atomic E-state index is 0.646. The second kappa shape index (κ2) is 6.26. The Hall–Kier alpha value is -1.38. The lowest BCUT2D eigenvalue weighted by molar-refractivity contribution is 0.554. The molecule has 0 amide bonds. The number of rotatable bonds is 6. The molecular formula is C13H23N3. The Morgan fingerprint density at radius 1 is 1.50 bits per heavy atom. The molecule has 4 N–H and O–H groups in total. The van der Waals surface area contributed by atoms with E-state index in [1.54, 1.807) is 0 Å². The van der Waals surface area contributed by atoms with Gasteiger partial charge in [-0.05, 0) is 30.9 Å². The van der Waals surface area contributed by atoms with E-state index in [0.29, 0.717) is 5.92 Å². The molecule has 1 atom stereocenters. The number of nitrogens with one attached hydrogen (secondary N) is 2. The molecule has 0 aliphatic heterocycles. The number of nitrogens with two attached hydrogens (primary N) is 1. The van der Waals surface area contributed by atoms with Crippen LogP contribution in [-0.2, 0) is 6.42 Å². The summed E-state index contributed by atoms with van der Waals surface area (Å²) < 4.78 is 0. The first kappa shape index (κ1) is 12.7. The molecule has 16 heavy (non-hydrogen) atoms. The van der Waals surface area contributed by atoms with E-state index in [1.807, 2.05) is 12.3 Å². The van der Waals surface area contributed by atoms with E-state index >= 15 is 0 Å². The summed E-state index contributed by atoms with van der Waals surface area (Å²) in [6.45, 7) is 6.52. The van der Waals surface area contributed by atoms with Gasteiger partial charge in [0.05, 0.1) is 0 Å². The molecule has 0 saturated heterocycles. The zero-order chi connectivity index (χ0) is 12.0. The third-order valence-corrected chi connectivity index (χ3v) is 2.82. The molecule has 3 nitrogen and oxygen atoms in total. The van der Waals surface area contributed by atoms with Crippen LogP contribution in [0.1, 0.15) is 39.3 Å². The summed E-state index contributed by atoms with van der Waals surface area (Å²) >= 11 is 0. The number of H-pyrrole nitrogens is 1. The van der Waals surface area contributed by atoms with Crippen LogP contribution in [0, 0.1) is 5.92 Å². The van der Waals surface area contributed by atoms with Crippen molar-refractivity contribution in [2.75, 3.05) is 5.32 Å². The lowest BCUT2D eigenvalue weighted by atomic mass is 10.0. The summed E-state index contributed by atoms with van der Waals surface area (Å²) in [5.41, 5.74) is 8.06. The summed E-state index contributed by atoms with van der Waals surface area (Å²) in [5.74, 6) is 1.65. The first-order chi connectivity index (χ1) is 7.65. The first-order valence-electron chi connectivity index (χ1n) is 6.04. The molecule has 90 valence electrons. The molecular weight excluding hydrogens is 198 g/mol. The lowest BCUT2D eigenvalue weighted by Gasteiger charge is -2.08. The molecule has 1 aromatic heterocycles. The Bertz CT molecular complexity index is 339. The van der Waals surface area contributed by atoms with Gasteiger partial charge in [-0.1, -0.05) is 27.2 Å². The third kappa shape index (κ3) is 4.01. The first-order valence-corrected chi connectivity index (χ1v) is 6.04. The maximum absolute atomic E-state index is 5.92. The highest BCUT2D eigenvalue weighted by atomic mass is 15.0. The van der Waals surface area contributed by atoms with Crippen LogP contribution < -0.4 is 11.1 Å². The van der Waals surface area contributed by atoms with E-state index in [-0.39, 0.29) is 0 Å². The Balaban J connectivity index is 2.45.